The number of fused-ring (bicyclic) bond motifs is 1. The van der Waals surface area contributed by atoms with Crippen LogP contribution in [0.5, 0.6) is 11.5 Å². The van der Waals surface area contributed by atoms with Crippen LogP contribution in [0.25, 0.3) is 0 Å². The summed E-state index contributed by atoms with van der Waals surface area (Å²) in [6, 6.07) is 10.1. The van der Waals surface area contributed by atoms with Gasteiger partial charge in [-0.15, -0.1) is 0 Å². The van der Waals surface area contributed by atoms with Crippen LogP contribution in [0.2, 0.25) is 0 Å². The Balaban J connectivity index is 1.69. The second kappa shape index (κ2) is 7.68. The van der Waals surface area contributed by atoms with Gasteiger partial charge < -0.3 is 19.7 Å². The molecule has 1 aliphatic heterocycles. The molecule has 3 rings (SSSR count). The van der Waals surface area contributed by atoms with Crippen molar-refractivity contribution in [3.05, 3.63) is 52.6 Å². The van der Waals surface area contributed by atoms with E-state index in [-0.39, 0.29) is 5.91 Å². The molecule has 0 saturated carbocycles. The third kappa shape index (κ3) is 3.62. The summed E-state index contributed by atoms with van der Waals surface area (Å²) in [6.07, 6.45) is 0.824. The number of carbonyl (C=O) groups excluding carboxylic acids is 1. The molecular weight excluding hydrogens is 328 g/mol. The fraction of sp³-hybridized carbons (Fsp3) is 0.381. The monoisotopic (exact) mass is 354 g/mol. The molecule has 0 aliphatic carbocycles. The molecule has 1 amide bonds. The smallest absolute Gasteiger partial charge is 0.242 e. The van der Waals surface area contributed by atoms with Crippen molar-refractivity contribution in [3.63, 3.8) is 0 Å². The van der Waals surface area contributed by atoms with Crippen LogP contribution in [-0.4, -0.2) is 38.1 Å². The fourth-order valence-electron chi connectivity index (χ4n) is 3.47. The third-order valence-corrected chi connectivity index (χ3v) is 4.97. The van der Waals surface area contributed by atoms with Gasteiger partial charge in [0.15, 0.2) is 11.5 Å². The van der Waals surface area contributed by atoms with E-state index >= 15 is 0 Å². The lowest BCUT2D eigenvalue weighted by Gasteiger charge is -2.30. The van der Waals surface area contributed by atoms with Crippen molar-refractivity contribution in [2.24, 2.45) is 0 Å². The second-order valence-corrected chi connectivity index (χ2v) is 6.66. The number of ether oxygens (including phenoxy) is 2. The van der Waals surface area contributed by atoms with E-state index in [1.54, 1.807) is 14.2 Å². The molecule has 0 radical (unpaired) electrons. The van der Waals surface area contributed by atoms with Gasteiger partial charge in [-0.1, -0.05) is 18.2 Å². The zero-order valence-corrected chi connectivity index (χ0v) is 15.9. The molecule has 138 valence electrons. The van der Waals surface area contributed by atoms with Crippen molar-refractivity contribution in [2.75, 3.05) is 32.6 Å². The van der Waals surface area contributed by atoms with E-state index < -0.39 is 0 Å². The van der Waals surface area contributed by atoms with Crippen LogP contribution in [0.1, 0.15) is 22.3 Å². The summed E-state index contributed by atoms with van der Waals surface area (Å²) in [5.74, 6) is 1.55. The lowest BCUT2D eigenvalue weighted by molar-refractivity contribution is -0.130. The van der Waals surface area contributed by atoms with Gasteiger partial charge in [0.25, 0.3) is 0 Å². The largest absolute Gasteiger partial charge is 0.493 e. The van der Waals surface area contributed by atoms with E-state index in [0.717, 1.165) is 41.1 Å². The Morgan fingerprint density at radius 2 is 1.69 bits per heavy atom. The zero-order valence-electron chi connectivity index (χ0n) is 15.9. The molecule has 1 N–H and O–H groups in total. The molecule has 26 heavy (non-hydrogen) atoms. The molecule has 0 saturated heterocycles. The summed E-state index contributed by atoms with van der Waals surface area (Å²) in [6.45, 7) is 5.72. The molecule has 5 heteroatoms. The lowest BCUT2D eigenvalue weighted by Crippen LogP contribution is -2.39. The van der Waals surface area contributed by atoms with Gasteiger partial charge in [0.1, 0.15) is 0 Å². The number of amides is 1. The summed E-state index contributed by atoms with van der Waals surface area (Å²) in [5.41, 5.74) is 5.69. The van der Waals surface area contributed by atoms with Gasteiger partial charge in [-0.25, -0.2) is 0 Å². The van der Waals surface area contributed by atoms with Crippen LogP contribution in [0.3, 0.4) is 0 Å². The second-order valence-electron chi connectivity index (χ2n) is 6.66. The van der Waals surface area contributed by atoms with Gasteiger partial charge in [-0.2, -0.15) is 0 Å². The molecule has 2 aromatic carbocycles. The summed E-state index contributed by atoms with van der Waals surface area (Å²) in [7, 11) is 3.27. The van der Waals surface area contributed by atoms with Crippen LogP contribution < -0.4 is 14.8 Å². The Kier molecular flexibility index (Phi) is 5.35. The quantitative estimate of drug-likeness (QED) is 0.895. The number of hydrogen-bond acceptors (Lipinski definition) is 4. The van der Waals surface area contributed by atoms with Crippen molar-refractivity contribution < 1.29 is 14.3 Å². The summed E-state index contributed by atoms with van der Waals surface area (Å²) >= 11 is 0. The van der Waals surface area contributed by atoms with Crippen LogP contribution in [0.15, 0.2) is 30.3 Å². The van der Waals surface area contributed by atoms with E-state index in [4.69, 9.17) is 9.47 Å². The standard InChI is InChI=1S/C21H26N2O3/c1-14-6-5-7-15(2)21(14)22-12-20(24)23-9-8-16-10-18(25-3)19(26-4)11-17(16)13-23/h5-7,10-11,22H,8-9,12-13H2,1-4H3. The molecule has 0 bridgehead atoms. The maximum absolute atomic E-state index is 12.7. The van der Waals surface area contributed by atoms with Gasteiger partial charge in [0.2, 0.25) is 5.91 Å². The summed E-state index contributed by atoms with van der Waals surface area (Å²) in [5, 5.41) is 3.31. The Morgan fingerprint density at radius 1 is 1.08 bits per heavy atom. The summed E-state index contributed by atoms with van der Waals surface area (Å²) in [4.78, 5) is 14.6. The number of anilines is 1. The van der Waals surface area contributed by atoms with Crippen molar-refractivity contribution in [2.45, 2.75) is 26.8 Å². The maximum atomic E-state index is 12.7. The minimum atomic E-state index is 0.105. The first-order valence-corrected chi connectivity index (χ1v) is 8.85. The molecule has 0 spiro atoms. The third-order valence-electron chi connectivity index (χ3n) is 4.97. The number of methoxy groups -OCH3 is 2. The maximum Gasteiger partial charge on any atom is 0.242 e. The van der Waals surface area contributed by atoms with Gasteiger partial charge in [0.05, 0.1) is 20.8 Å². The van der Waals surface area contributed by atoms with E-state index in [1.807, 2.05) is 23.1 Å². The number of nitrogens with zero attached hydrogens (tertiary/aromatic N) is 1. The first-order chi connectivity index (χ1) is 12.5. The molecule has 0 atom stereocenters. The van der Waals surface area contributed by atoms with Crippen molar-refractivity contribution >= 4 is 11.6 Å². The predicted octanol–water partition coefficient (Wildman–Crippen LogP) is 3.32. The molecule has 2 aromatic rings. The van der Waals surface area contributed by atoms with Gasteiger partial charge in [0, 0.05) is 18.8 Å². The molecular formula is C21H26N2O3. The van der Waals surface area contributed by atoms with E-state index in [2.05, 4.69) is 31.3 Å². The SMILES string of the molecule is COc1cc2c(cc1OC)CN(C(=O)CNc1c(C)cccc1C)CC2. The first kappa shape index (κ1) is 18.1. The summed E-state index contributed by atoms with van der Waals surface area (Å²) < 4.78 is 10.8. The number of para-hydroxylation sites is 1. The van der Waals surface area contributed by atoms with Crippen molar-refractivity contribution in [1.82, 2.24) is 4.90 Å². The molecule has 0 fully saturated rings. The number of carbonyl (C=O) groups is 1. The average molecular weight is 354 g/mol. The Labute approximate surface area is 154 Å². The van der Waals surface area contributed by atoms with Gasteiger partial charge in [-0.3, -0.25) is 4.79 Å². The van der Waals surface area contributed by atoms with Crippen molar-refractivity contribution in [3.8, 4) is 11.5 Å². The van der Waals surface area contributed by atoms with Crippen LogP contribution in [-0.2, 0) is 17.8 Å². The number of aryl methyl sites for hydroxylation is 2. The highest BCUT2D eigenvalue weighted by Crippen LogP contribution is 2.33. The Hall–Kier alpha value is -2.69. The van der Waals surface area contributed by atoms with E-state index in [9.17, 15) is 4.79 Å². The highest BCUT2D eigenvalue weighted by molar-refractivity contribution is 5.81. The normalized spacial score (nSPS) is 13.2. The molecule has 0 aromatic heterocycles. The van der Waals surface area contributed by atoms with Crippen molar-refractivity contribution in [1.29, 1.82) is 0 Å². The number of nitrogens with one attached hydrogen (secondary N) is 1. The van der Waals surface area contributed by atoms with E-state index in [1.165, 1.54) is 5.56 Å². The first-order valence-electron chi connectivity index (χ1n) is 8.85. The predicted molar refractivity (Wildman–Crippen MR) is 103 cm³/mol. The molecule has 0 unspecified atom stereocenters. The van der Waals surface area contributed by atoms with Crippen LogP contribution in [0.4, 0.5) is 5.69 Å². The Bertz CT molecular complexity index is 797. The molecule has 1 heterocycles. The minimum absolute atomic E-state index is 0.105. The Morgan fingerprint density at radius 3 is 2.31 bits per heavy atom. The van der Waals surface area contributed by atoms with Gasteiger partial charge in [-0.05, 0) is 54.7 Å². The topological polar surface area (TPSA) is 50.8 Å². The van der Waals surface area contributed by atoms with Gasteiger partial charge >= 0.3 is 0 Å². The number of benzene rings is 2. The molecule has 1 aliphatic rings. The highest BCUT2D eigenvalue weighted by Gasteiger charge is 2.22. The number of hydrogen-bond donors (Lipinski definition) is 1. The average Bonchev–Trinajstić information content (AvgIpc) is 2.65. The lowest BCUT2D eigenvalue weighted by atomic mass is 9.98. The molecule has 5 nitrogen and oxygen atoms in total. The van der Waals surface area contributed by atoms with E-state index in [0.29, 0.717) is 18.8 Å². The fourth-order valence-corrected chi connectivity index (χ4v) is 3.47. The number of rotatable bonds is 5. The zero-order chi connectivity index (χ0) is 18.7. The highest BCUT2D eigenvalue weighted by atomic mass is 16.5. The van der Waals surface area contributed by atoms with Crippen LogP contribution >= 0.6 is 0 Å². The van der Waals surface area contributed by atoms with Crippen LogP contribution in [0, 0.1) is 13.8 Å². The minimum Gasteiger partial charge on any atom is -0.493 e.